The highest BCUT2D eigenvalue weighted by Crippen LogP contribution is 2.15. The van der Waals surface area contributed by atoms with Crippen LogP contribution in [0.25, 0.3) is 0 Å². The van der Waals surface area contributed by atoms with Crippen LogP contribution in [0.4, 0.5) is 0 Å². The van der Waals surface area contributed by atoms with Gasteiger partial charge in [-0.05, 0) is 64.2 Å². The van der Waals surface area contributed by atoms with Gasteiger partial charge >= 0.3 is 17.9 Å². The van der Waals surface area contributed by atoms with Gasteiger partial charge in [0.05, 0.1) is 0 Å². The summed E-state index contributed by atoms with van der Waals surface area (Å²) in [6.45, 7) is 6.53. The Hall–Kier alpha value is -3.15. The Kier molecular flexibility index (Phi) is 50.9. The van der Waals surface area contributed by atoms with Gasteiger partial charge < -0.3 is 14.2 Å². The molecule has 0 N–H and O–H groups in total. The van der Waals surface area contributed by atoms with Crippen LogP contribution in [0.3, 0.4) is 0 Å². The molecular formula is C59H102O6. The Morgan fingerprint density at radius 2 is 0.600 bits per heavy atom. The van der Waals surface area contributed by atoms with Crippen LogP contribution in [0.1, 0.15) is 265 Å². The van der Waals surface area contributed by atoms with Crippen molar-refractivity contribution in [2.24, 2.45) is 0 Å². The van der Waals surface area contributed by atoms with E-state index in [2.05, 4.69) is 69.4 Å². The molecule has 0 saturated carbocycles. The molecule has 0 aromatic rings. The summed E-state index contributed by atoms with van der Waals surface area (Å²) in [5.41, 5.74) is 0. The molecule has 0 heterocycles. The molecule has 0 fully saturated rings. The van der Waals surface area contributed by atoms with Crippen molar-refractivity contribution in [3.63, 3.8) is 0 Å². The van der Waals surface area contributed by atoms with Crippen molar-refractivity contribution in [2.75, 3.05) is 13.2 Å². The van der Waals surface area contributed by atoms with E-state index in [9.17, 15) is 14.4 Å². The number of unbranched alkanes of at least 4 members (excludes halogenated alkanes) is 30. The van der Waals surface area contributed by atoms with E-state index in [1.807, 2.05) is 24.3 Å². The molecule has 65 heavy (non-hydrogen) atoms. The molecule has 0 aromatic carbocycles. The number of carbonyl (C=O) groups is 3. The fourth-order valence-electron chi connectivity index (χ4n) is 7.64. The van der Waals surface area contributed by atoms with Gasteiger partial charge in [-0.2, -0.15) is 0 Å². The second-order valence-corrected chi connectivity index (χ2v) is 18.3. The average Bonchev–Trinajstić information content (AvgIpc) is 3.30. The molecule has 0 aliphatic rings. The number of ether oxygens (including phenoxy) is 3. The molecule has 6 nitrogen and oxygen atoms in total. The van der Waals surface area contributed by atoms with Gasteiger partial charge in [-0.3, -0.25) is 14.4 Å². The third-order valence-electron chi connectivity index (χ3n) is 11.8. The number of rotatable bonds is 49. The van der Waals surface area contributed by atoms with Crippen molar-refractivity contribution in [2.45, 2.75) is 271 Å². The van der Waals surface area contributed by atoms with Crippen LogP contribution in [-0.4, -0.2) is 37.2 Å². The number of esters is 3. The standard InChI is InChI=1S/C59H102O6/c1-4-7-10-13-16-19-22-25-28-29-30-32-34-37-40-43-46-49-52-58(61)64-55-56(54-63-57(60)51-48-45-42-39-36-33-27-24-21-18-15-12-9-6-3)65-59(62)53-50-47-44-41-38-35-31-26-23-20-17-14-11-8-5-2/h10,13,16,19,22,25,28-30,32-33,36,56H,4-9,11-12,14-15,17-18,20-21,23-24,26-27,31,34-35,37-55H2,1-3H3/b13-10-,19-16-,25-22-,29-28-,32-30-,36-33-. The molecule has 6 heteroatoms. The largest absolute Gasteiger partial charge is 0.462 e. The zero-order valence-corrected chi connectivity index (χ0v) is 42.7. The lowest BCUT2D eigenvalue weighted by Crippen LogP contribution is -2.30. The summed E-state index contributed by atoms with van der Waals surface area (Å²) in [6, 6.07) is 0. The summed E-state index contributed by atoms with van der Waals surface area (Å²) < 4.78 is 16.8. The summed E-state index contributed by atoms with van der Waals surface area (Å²) >= 11 is 0. The minimum absolute atomic E-state index is 0.0899. The lowest BCUT2D eigenvalue weighted by molar-refractivity contribution is -0.167. The second kappa shape index (κ2) is 53.5. The highest BCUT2D eigenvalue weighted by atomic mass is 16.6. The van der Waals surface area contributed by atoms with Gasteiger partial charge in [0, 0.05) is 19.3 Å². The SMILES string of the molecule is CCC\C=C/C=C\C=C/C=C\C=C/CCCCCCCC(=O)OCC(COC(=O)CCCCC/C=C\CCCCCCCCC)OC(=O)CCCCCCCCCCCCCCCCC. The molecule has 0 bridgehead atoms. The van der Waals surface area contributed by atoms with Crippen molar-refractivity contribution < 1.29 is 28.6 Å². The van der Waals surface area contributed by atoms with Gasteiger partial charge in [0.15, 0.2) is 6.10 Å². The molecule has 374 valence electrons. The zero-order chi connectivity index (χ0) is 47.2. The summed E-state index contributed by atoms with van der Waals surface area (Å²) in [6.07, 6.45) is 67.3. The summed E-state index contributed by atoms with van der Waals surface area (Å²) in [5.74, 6) is -0.922. The number of allylic oxidation sites excluding steroid dienone is 12. The second-order valence-electron chi connectivity index (χ2n) is 18.3. The molecule has 1 atom stereocenters. The average molecular weight is 907 g/mol. The van der Waals surface area contributed by atoms with Crippen LogP contribution in [0.5, 0.6) is 0 Å². The Bertz CT molecular complexity index is 1230. The Balaban J connectivity index is 4.44. The topological polar surface area (TPSA) is 78.9 Å². The molecule has 0 amide bonds. The highest BCUT2D eigenvalue weighted by Gasteiger charge is 2.19. The third kappa shape index (κ3) is 51.7. The van der Waals surface area contributed by atoms with Crippen LogP contribution in [0.15, 0.2) is 72.9 Å². The van der Waals surface area contributed by atoms with E-state index < -0.39 is 6.10 Å². The quantitative estimate of drug-likeness (QED) is 0.0199. The number of carbonyl (C=O) groups excluding carboxylic acids is 3. The summed E-state index contributed by atoms with van der Waals surface area (Å²) in [4.78, 5) is 38.1. The molecule has 0 spiro atoms. The smallest absolute Gasteiger partial charge is 0.306 e. The predicted octanol–water partition coefficient (Wildman–Crippen LogP) is 18.2. The van der Waals surface area contributed by atoms with Crippen LogP contribution in [0, 0.1) is 0 Å². The minimum Gasteiger partial charge on any atom is -0.462 e. The van der Waals surface area contributed by atoms with E-state index in [-0.39, 0.29) is 31.1 Å². The van der Waals surface area contributed by atoms with Crippen molar-refractivity contribution >= 4 is 17.9 Å². The van der Waals surface area contributed by atoms with Crippen LogP contribution in [0.2, 0.25) is 0 Å². The lowest BCUT2D eigenvalue weighted by Gasteiger charge is -2.18. The first-order valence-corrected chi connectivity index (χ1v) is 27.5. The van der Waals surface area contributed by atoms with Gasteiger partial charge in [-0.1, -0.05) is 254 Å². The Morgan fingerprint density at radius 3 is 0.985 bits per heavy atom. The zero-order valence-electron chi connectivity index (χ0n) is 42.7. The molecule has 1 unspecified atom stereocenters. The maximum Gasteiger partial charge on any atom is 0.306 e. The number of hydrogen-bond acceptors (Lipinski definition) is 6. The van der Waals surface area contributed by atoms with Gasteiger partial charge in [0.1, 0.15) is 13.2 Å². The summed E-state index contributed by atoms with van der Waals surface area (Å²) in [5, 5.41) is 0. The van der Waals surface area contributed by atoms with Gasteiger partial charge in [-0.25, -0.2) is 0 Å². The number of hydrogen-bond donors (Lipinski definition) is 0. The summed E-state index contributed by atoms with van der Waals surface area (Å²) in [7, 11) is 0. The molecule has 0 aliphatic carbocycles. The van der Waals surface area contributed by atoms with E-state index in [4.69, 9.17) is 14.2 Å². The highest BCUT2D eigenvalue weighted by molar-refractivity contribution is 5.71. The van der Waals surface area contributed by atoms with E-state index in [0.717, 1.165) is 96.3 Å². The molecule has 0 rings (SSSR count). The molecule has 0 aliphatic heterocycles. The molecule has 0 aromatic heterocycles. The first-order chi connectivity index (χ1) is 32.0. The Labute approximate surface area is 402 Å². The van der Waals surface area contributed by atoms with Crippen molar-refractivity contribution in [3.8, 4) is 0 Å². The van der Waals surface area contributed by atoms with E-state index >= 15 is 0 Å². The molecule has 0 radical (unpaired) electrons. The fraction of sp³-hybridized carbons (Fsp3) is 0.746. The third-order valence-corrected chi connectivity index (χ3v) is 11.8. The van der Waals surface area contributed by atoms with E-state index in [0.29, 0.717) is 19.3 Å². The maximum atomic E-state index is 12.8. The monoisotopic (exact) mass is 907 g/mol. The van der Waals surface area contributed by atoms with E-state index in [1.54, 1.807) is 0 Å². The van der Waals surface area contributed by atoms with Crippen molar-refractivity contribution in [3.05, 3.63) is 72.9 Å². The predicted molar refractivity (Wildman–Crippen MR) is 279 cm³/mol. The normalized spacial score (nSPS) is 12.6. The Morgan fingerprint density at radius 1 is 0.308 bits per heavy atom. The van der Waals surface area contributed by atoms with Crippen molar-refractivity contribution in [1.29, 1.82) is 0 Å². The fourth-order valence-corrected chi connectivity index (χ4v) is 7.64. The minimum atomic E-state index is -0.790. The first-order valence-electron chi connectivity index (χ1n) is 27.5. The lowest BCUT2D eigenvalue weighted by atomic mass is 10.0. The van der Waals surface area contributed by atoms with Crippen LogP contribution < -0.4 is 0 Å². The van der Waals surface area contributed by atoms with Gasteiger partial charge in [0.25, 0.3) is 0 Å². The van der Waals surface area contributed by atoms with Gasteiger partial charge in [-0.15, -0.1) is 0 Å². The van der Waals surface area contributed by atoms with Crippen LogP contribution >= 0.6 is 0 Å². The first kappa shape index (κ1) is 61.9. The molecular weight excluding hydrogens is 805 g/mol. The molecule has 0 saturated heterocycles. The van der Waals surface area contributed by atoms with Gasteiger partial charge in [0.2, 0.25) is 0 Å². The maximum absolute atomic E-state index is 12.8. The van der Waals surface area contributed by atoms with Crippen molar-refractivity contribution in [1.82, 2.24) is 0 Å². The van der Waals surface area contributed by atoms with Crippen LogP contribution in [-0.2, 0) is 28.6 Å². The van der Waals surface area contributed by atoms with E-state index in [1.165, 1.54) is 128 Å².